The van der Waals surface area contributed by atoms with E-state index < -0.39 is 6.04 Å². The SMILES string of the molecule is COC(=O)[C@@H]1CCCN1C(=O)[C@H](C)/C=C(\C)CCl. The fourth-order valence-electron chi connectivity index (χ4n) is 2.22. The summed E-state index contributed by atoms with van der Waals surface area (Å²) in [5.41, 5.74) is 0.964. The largest absolute Gasteiger partial charge is 0.467 e. The van der Waals surface area contributed by atoms with Crippen molar-refractivity contribution >= 4 is 23.5 Å². The Morgan fingerprint density at radius 2 is 2.22 bits per heavy atom. The maximum atomic E-state index is 12.3. The first-order valence-electron chi connectivity index (χ1n) is 6.12. The molecule has 0 N–H and O–H groups in total. The Labute approximate surface area is 113 Å². The van der Waals surface area contributed by atoms with Gasteiger partial charge in [0.1, 0.15) is 6.04 Å². The van der Waals surface area contributed by atoms with Crippen LogP contribution in [0.2, 0.25) is 0 Å². The molecule has 1 saturated heterocycles. The number of amides is 1. The third kappa shape index (κ3) is 3.48. The van der Waals surface area contributed by atoms with Gasteiger partial charge in [0, 0.05) is 12.4 Å². The van der Waals surface area contributed by atoms with Gasteiger partial charge in [-0.1, -0.05) is 18.6 Å². The zero-order chi connectivity index (χ0) is 13.7. The zero-order valence-corrected chi connectivity index (χ0v) is 11.9. The molecule has 102 valence electrons. The first-order chi connectivity index (χ1) is 8.51. The van der Waals surface area contributed by atoms with Crippen LogP contribution in [0.3, 0.4) is 0 Å². The summed E-state index contributed by atoms with van der Waals surface area (Å²) in [6.45, 7) is 4.33. The number of rotatable bonds is 4. The van der Waals surface area contributed by atoms with E-state index in [-0.39, 0.29) is 17.8 Å². The number of methoxy groups -OCH3 is 1. The van der Waals surface area contributed by atoms with Crippen molar-refractivity contribution in [3.05, 3.63) is 11.6 Å². The molecule has 1 aliphatic rings. The van der Waals surface area contributed by atoms with Crippen LogP contribution in [-0.4, -0.2) is 42.4 Å². The highest BCUT2D eigenvalue weighted by molar-refractivity contribution is 6.19. The number of hydrogen-bond acceptors (Lipinski definition) is 3. The summed E-state index contributed by atoms with van der Waals surface area (Å²) in [5, 5.41) is 0. The van der Waals surface area contributed by atoms with Crippen LogP contribution in [0, 0.1) is 5.92 Å². The van der Waals surface area contributed by atoms with Crippen LogP contribution in [0.5, 0.6) is 0 Å². The van der Waals surface area contributed by atoms with Gasteiger partial charge in [-0.2, -0.15) is 0 Å². The normalized spacial score (nSPS) is 21.9. The Hall–Kier alpha value is -1.03. The molecule has 1 fully saturated rings. The van der Waals surface area contributed by atoms with E-state index in [4.69, 9.17) is 16.3 Å². The van der Waals surface area contributed by atoms with Crippen molar-refractivity contribution in [3.63, 3.8) is 0 Å². The van der Waals surface area contributed by atoms with Crippen LogP contribution in [0.15, 0.2) is 11.6 Å². The number of allylic oxidation sites excluding steroid dienone is 1. The number of halogens is 1. The van der Waals surface area contributed by atoms with Crippen molar-refractivity contribution in [1.29, 1.82) is 0 Å². The molecule has 0 saturated carbocycles. The summed E-state index contributed by atoms with van der Waals surface area (Å²) < 4.78 is 4.73. The second-order valence-electron chi connectivity index (χ2n) is 4.65. The molecule has 0 unspecified atom stereocenters. The fourth-order valence-corrected chi connectivity index (χ4v) is 2.30. The van der Waals surface area contributed by atoms with Gasteiger partial charge in [-0.25, -0.2) is 4.79 Å². The first-order valence-corrected chi connectivity index (χ1v) is 6.66. The monoisotopic (exact) mass is 273 g/mol. The fraction of sp³-hybridized carbons (Fsp3) is 0.692. The van der Waals surface area contributed by atoms with Gasteiger partial charge >= 0.3 is 5.97 Å². The number of ether oxygens (including phenoxy) is 1. The minimum absolute atomic E-state index is 0.0348. The Morgan fingerprint density at radius 1 is 1.56 bits per heavy atom. The Balaban J connectivity index is 2.74. The highest BCUT2D eigenvalue weighted by Gasteiger charge is 2.35. The van der Waals surface area contributed by atoms with Crippen LogP contribution in [0.4, 0.5) is 0 Å². The van der Waals surface area contributed by atoms with Crippen LogP contribution < -0.4 is 0 Å². The molecule has 1 rings (SSSR count). The van der Waals surface area contributed by atoms with Crippen molar-refractivity contribution in [2.24, 2.45) is 5.92 Å². The third-order valence-electron chi connectivity index (χ3n) is 3.14. The van der Waals surface area contributed by atoms with Gasteiger partial charge in [-0.15, -0.1) is 11.6 Å². The molecule has 0 aromatic carbocycles. The van der Waals surface area contributed by atoms with Crippen LogP contribution in [0.25, 0.3) is 0 Å². The summed E-state index contributed by atoms with van der Waals surface area (Å²) >= 11 is 5.69. The molecule has 1 heterocycles. The molecular weight excluding hydrogens is 254 g/mol. The standard InChI is InChI=1S/C13H20ClNO3/c1-9(8-14)7-10(2)12(16)15-6-4-5-11(15)13(17)18-3/h7,10-11H,4-6,8H2,1-3H3/b9-7+/t10-,11+/m1/s1. The number of esters is 1. The summed E-state index contributed by atoms with van der Waals surface area (Å²) in [7, 11) is 1.35. The van der Waals surface area contributed by atoms with Gasteiger partial charge in [-0.3, -0.25) is 4.79 Å². The van der Waals surface area contributed by atoms with E-state index in [1.807, 2.05) is 19.9 Å². The molecule has 0 aromatic rings. The second kappa shape index (κ2) is 6.78. The average Bonchev–Trinajstić information content (AvgIpc) is 2.85. The number of nitrogens with zero attached hydrogens (tertiary/aromatic N) is 1. The van der Waals surface area contributed by atoms with E-state index in [1.54, 1.807) is 4.90 Å². The number of hydrogen-bond donors (Lipinski definition) is 0. The number of alkyl halides is 1. The van der Waals surface area contributed by atoms with Gasteiger partial charge in [0.05, 0.1) is 13.0 Å². The topological polar surface area (TPSA) is 46.6 Å². The Bertz CT molecular complexity index is 354. The van der Waals surface area contributed by atoms with Gasteiger partial charge in [0.2, 0.25) is 5.91 Å². The average molecular weight is 274 g/mol. The molecule has 0 spiro atoms. The van der Waals surface area contributed by atoms with E-state index >= 15 is 0 Å². The molecule has 2 atom stereocenters. The van der Waals surface area contributed by atoms with Gasteiger partial charge in [-0.05, 0) is 19.8 Å². The van der Waals surface area contributed by atoms with E-state index in [0.29, 0.717) is 18.8 Å². The summed E-state index contributed by atoms with van der Waals surface area (Å²) in [6.07, 6.45) is 3.38. The molecule has 4 nitrogen and oxygen atoms in total. The van der Waals surface area contributed by atoms with Gasteiger partial charge < -0.3 is 9.64 Å². The lowest BCUT2D eigenvalue weighted by molar-refractivity contribution is -0.151. The molecular formula is C13H20ClNO3. The highest BCUT2D eigenvalue weighted by atomic mass is 35.5. The van der Waals surface area contributed by atoms with E-state index in [0.717, 1.165) is 12.0 Å². The maximum Gasteiger partial charge on any atom is 0.328 e. The quantitative estimate of drug-likeness (QED) is 0.447. The number of likely N-dealkylation sites (tertiary alicyclic amines) is 1. The predicted molar refractivity (Wildman–Crippen MR) is 70.4 cm³/mol. The van der Waals surface area contributed by atoms with E-state index in [1.165, 1.54) is 7.11 Å². The van der Waals surface area contributed by atoms with Crippen molar-refractivity contribution in [2.75, 3.05) is 19.5 Å². The lowest BCUT2D eigenvalue weighted by atomic mass is 10.1. The van der Waals surface area contributed by atoms with Gasteiger partial charge in [0.15, 0.2) is 0 Å². The van der Waals surface area contributed by atoms with Crippen molar-refractivity contribution < 1.29 is 14.3 Å². The molecule has 0 aliphatic carbocycles. The lowest BCUT2D eigenvalue weighted by Gasteiger charge is -2.24. The Kier molecular flexibility index (Phi) is 5.66. The molecule has 5 heteroatoms. The van der Waals surface area contributed by atoms with Crippen molar-refractivity contribution in [2.45, 2.75) is 32.7 Å². The van der Waals surface area contributed by atoms with Gasteiger partial charge in [0.25, 0.3) is 0 Å². The Morgan fingerprint density at radius 3 is 2.78 bits per heavy atom. The minimum Gasteiger partial charge on any atom is -0.467 e. The first kappa shape index (κ1) is 15.0. The highest BCUT2D eigenvalue weighted by Crippen LogP contribution is 2.21. The number of carbonyl (C=O) groups excluding carboxylic acids is 2. The smallest absolute Gasteiger partial charge is 0.328 e. The van der Waals surface area contributed by atoms with Crippen molar-refractivity contribution in [3.8, 4) is 0 Å². The van der Waals surface area contributed by atoms with Crippen LogP contribution >= 0.6 is 11.6 Å². The van der Waals surface area contributed by atoms with Crippen molar-refractivity contribution in [1.82, 2.24) is 4.90 Å². The molecule has 18 heavy (non-hydrogen) atoms. The maximum absolute atomic E-state index is 12.3. The summed E-state index contributed by atoms with van der Waals surface area (Å²) in [6, 6.07) is -0.422. The lowest BCUT2D eigenvalue weighted by Crippen LogP contribution is -2.43. The van der Waals surface area contributed by atoms with Crippen LogP contribution in [-0.2, 0) is 14.3 Å². The summed E-state index contributed by atoms with van der Waals surface area (Å²) in [4.78, 5) is 25.5. The summed E-state index contributed by atoms with van der Waals surface area (Å²) in [5.74, 6) is -0.203. The molecule has 0 radical (unpaired) electrons. The van der Waals surface area contributed by atoms with E-state index in [9.17, 15) is 9.59 Å². The third-order valence-corrected chi connectivity index (χ3v) is 3.57. The minimum atomic E-state index is -0.422. The molecule has 1 aliphatic heterocycles. The van der Waals surface area contributed by atoms with E-state index in [2.05, 4.69) is 0 Å². The second-order valence-corrected chi connectivity index (χ2v) is 4.92. The molecule has 1 amide bonds. The van der Waals surface area contributed by atoms with Crippen LogP contribution in [0.1, 0.15) is 26.7 Å². The number of carbonyl (C=O) groups is 2. The molecule has 0 bridgehead atoms. The molecule has 0 aromatic heterocycles. The predicted octanol–water partition coefficient (Wildman–Crippen LogP) is 1.97. The zero-order valence-electron chi connectivity index (χ0n) is 11.1.